The number of aliphatic hydroxyl groups is 4. The summed E-state index contributed by atoms with van der Waals surface area (Å²) >= 11 is 0. The molecule has 6 heteroatoms. The lowest BCUT2D eigenvalue weighted by Crippen LogP contribution is -2.47. The molecule has 0 heterocycles. The molecule has 0 radical (unpaired) electrons. The molecule has 4 N–H and O–H groups in total. The van der Waals surface area contributed by atoms with Gasteiger partial charge in [-0.1, -0.05) is 0 Å². The van der Waals surface area contributed by atoms with Crippen molar-refractivity contribution >= 4 is 0 Å². The zero-order valence-electron chi connectivity index (χ0n) is 8.33. The Kier molecular flexibility index (Phi) is 6.98. The molecule has 0 unspecified atom stereocenters. The van der Waals surface area contributed by atoms with Crippen molar-refractivity contribution in [3.05, 3.63) is 0 Å². The van der Waals surface area contributed by atoms with Gasteiger partial charge in [0.2, 0.25) is 0 Å². The normalized spacial score (nSPS) is 20.1. The maximum absolute atomic E-state index is 9.42. The van der Waals surface area contributed by atoms with Crippen molar-refractivity contribution in [1.82, 2.24) is 0 Å². The van der Waals surface area contributed by atoms with Gasteiger partial charge in [0.05, 0.1) is 13.2 Å². The van der Waals surface area contributed by atoms with Crippen LogP contribution in [0.15, 0.2) is 0 Å². The minimum absolute atomic E-state index is 0.0971. The van der Waals surface area contributed by atoms with Crippen LogP contribution < -0.4 is 0 Å². The van der Waals surface area contributed by atoms with Crippen LogP contribution in [0.3, 0.4) is 0 Å². The average Bonchev–Trinajstić information content (AvgIpc) is 2.18. The summed E-state index contributed by atoms with van der Waals surface area (Å²) in [6.45, 7) is -0.533. The van der Waals surface area contributed by atoms with E-state index in [4.69, 9.17) is 9.84 Å². The Morgan fingerprint density at radius 3 is 2.00 bits per heavy atom. The molecule has 0 amide bonds. The Balaban J connectivity index is 4.13. The van der Waals surface area contributed by atoms with Gasteiger partial charge in [-0.15, -0.1) is 0 Å². The summed E-state index contributed by atoms with van der Waals surface area (Å²) in [6, 6.07) is 0. The van der Waals surface area contributed by atoms with Gasteiger partial charge in [0, 0.05) is 14.2 Å². The third-order valence-corrected chi connectivity index (χ3v) is 1.95. The molecule has 0 aromatic rings. The number of methoxy groups -OCH3 is 2. The zero-order chi connectivity index (χ0) is 11.1. The fourth-order valence-corrected chi connectivity index (χ4v) is 1.04. The molecule has 0 aliphatic carbocycles. The molecule has 4 atom stereocenters. The Morgan fingerprint density at radius 2 is 1.64 bits per heavy atom. The van der Waals surface area contributed by atoms with E-state index in [0.717, 1.165) is 0 Å². The van der Waals surface area contributed by atoms with Crippen molar-refractivity contribution < 1.29 is 29.9 Å². The molecule has 0 aromatic carbocycles. The average molecular weight is 210 g/mol. The van der Waals surface area contributed by atoms with Crippen LogP contribution in [0.2, 0.25) is 0 Å². The first-order chi connectivity index (χ1) is 6.58. The van der Waals surface area contributed by atoms with Crippen LogP contribution in [-0.4, -0.2) is 72.3 Å². The molecule has 86 valence electrons. The van der Waals surface area contributed by atoms with Gasteiger partial charge in [0.1, 0.15) is 24.4 Å². The van der Waals surface area contributed by atoms with Gasteiger partial charge in [-0.2, -0.15) is 0 Å². The first-order valence-corrected chi connectivity index (χ1v) is 4.25. The molecule has 6 nitrogen and oxygen atoms in total. The molecule has 0 aliphatic heterocycles. The summed E-state index contributed by atoms with van der Waals surface area (Å²) in [4.78, 5) is 0. The third-order valence-electron chi connectivity index (χ3n) is 1.95. The van der Waals surface area contributed by atoms with Gasteiger partial charge in [-0.25, -0.2) is 0 Å². The predicted molar refractivity (Wildman–Crippen MR) is 47.8 cm³/mol. The molecule has 14 heavy (non-hydrogen) atoms. The lowest BCUT2D eigenvalue weighted by Gasteiger charge is -2.27. The van der Waals surface area contributed by atoms with Crippen molar-refractivity contribution in [2.75, 3.05) is 27.4 Å². The number of rotatable bonds is 7. The van der Waals surface area contributed by atoms with Gasteiger partial charge < -0.3 is 29.9 Å². The van der Waals surface area contributed by atoms with E-state index in [2.05, 4.69) is 4.74 Å². The van der Waals surface area contributed by atoms with Crippen LogP contribution in [0.4, 0.5) is 0 Å². The molecule has 0 rings (SSSR count). The predicted octanol–water partition coefficient (Wildman–Crippen LogP) is -2.28. The summed E-state index contributed by atoms with van der Waals surface area (Å²) in [5, 5.41) is 36.8. The Labute approximate surface area is 82.7 Å². The highest BCUT2D eigenvalue weighted by atomic mass is 16.5. The first-order valence-electron chi connectivity index (χ1n) is 4.25. The van der Waals surface area contributed by atoms with Crippen molar-refractivity contribution in [2.45, 2.75) is 24.4 Å². The summed E-state index contributed by atoms with van der Waals surface area (Å²) in [6.07, 6.45) is -4.89. The van der Waals surface area contributed by atoms with E-state index in [1.54, 1.807) is 0 Å². The Morgan fingerprint density at radius 1 is 1.07 bits per heavy atom. The highest BCUT2D eigenvalue weighted by molar-refractivity contribution is 4.81. The van der Waals surface area contributed by atoms with Crippen LogP contribution in [0.5, 0.6) is 0 Å². The van der Waals surface area contributed by atoms with Crippen molar-refractivity contribution in [1.29, 1.82) is 0 Å². The molecule has 0 saturated heterocycles. The second-order valence-corrected chi connectivity index (χ2v) is 2.96. The minimum Gasteiger partial charge on any atom is -0.394 e. The van der Waals surface area contributed by atoms with Gasteiger partial charge in [0.25, 0.3) is 0 Å². The summed E-state index contributed by atoms with van der Waals surface area (Å²) < 4.78 is 9.30. The van der Waals surface area contributed by atoms with Crippen molar-refractivity contribution in [3.8, 4) is 0 Å². The largest absolute Gasteiger partial charge is 0.394 e. The lowest BCUT2D eigenvalue weighted by molar-refractivity contribution is -0.134. The quantitative estimate of drug-likeness (QED) is 0.378. The third kappa shape index (κ3) is 3.87. The SMILES string of the molecule is COC[C@@H](O)[C@@H](O)[C@H](O)[C@H](CO)OC. The second kappa shape index (κ2) is 7.10. The van der Waals surface area contributed by atoms with E-state index in [1.807, 2.05) is 0 Å². The summed E-state index contributed by atoms with van der Waals surface area (Å²) in [5.41, 5.74) is 0. The van der Waals surface area contributed by atoms with Gasteiger partial charge in [-0.05, 0) is 0 Å². The topological polar surface area (TPSA) is 99.4 Å². The molecular weight excluding hydrogens is 192 g/mol. The smallest absolute Gasteiger partial charge is 0.111 e. The van der Waals surface area contributed by atoms with Crippen LogP contribution in [0, 0.1) is 0 Å². The molecule has 0 aromatic heterocycles. The fourth-order valence-electron chi connectivity index (χ4n) is 1.04. The highest BCUT2D eigenvalue weighted by Gasteiger charge is 2.30. The van der Waals surface area contributed by atoms with E-state index in [9.17, 15) is 15.3 Å². The molecule has 0 spiro atoms. The summed E-state index contributed by atoms with van der Waals surface area (Å²) in [5.74, 6) is 0. The van der Waals surface area contributed by atoms with Crippen LogP contribution in [0.25, 0.3) is 0 Å². The van der Waals surface area contributed by atoms with Gasteiger partial charge >= 0.3 is 0 Å². The maximum Gasteiger partial charge on any atom is 0.111 e. The first kappa shape index (κ1) is 13.8. The molecule has 0 bridgehead atoms. The van der Waals surface area contributed by atoms with Crippen molar-refractivity contribution in [3.63, 3.8) is 0 Å². The number of ether oxygens (including phenoxy) is 2. The van der Waals surface area contributed by atoms with E-state index in [0.29, 0.717) is 0 Å². The number of aliphatic hydroxyl groups excluding tert-OH is 4. The summed E-state index contributed by atoms with van der Waals surface area (Å²) in [7, 11) is 2.65. The number of hydrogen-bond acceptors (Lipinski definition) is 6. The molecule has 0 fully saturated rings. The van der Waals surface area contributed by atoms with E-state index < -0.39 is 31.0 Å². The van der Waals surface area contributed by atoms with Crippen LogP contribution >= 0.6 is 0 Å². The van der Waals surface area contributed by atoms with E-state index >= 15 is 0 Å². The van der Waals surface area contributed by atoms with Crippen molar-refractivity contribution in [2.24, 2.45) is 0 Å². The van der Waals surface area contributed by atoms with E-state index in [-0.39, 0.29) is 6.61 Å². The monoisotopic (exact) mass is 210 g/mol. The lowest BCUT2D eigenvalue weighted by atomic mass is 10.0. The standard InChI is InChI=1S/C8H18O6/c1-13-4-5(10)7(11)8(12)6(3-9)14-2/h5-12H,3-4H2,1-2H3/t5-,6+,7-,8-/m1/s1. The Hall–Kier alpha value is -0.240. The molecule has 0 aliphatic rings. The zero-order valence-corrected chi connectivity index (χ0v) is 8.33. The molecule has 0 saturated carbocycles. The fraction of sp³-hybridized carbons (Fsp3) is 1.00. The van der Waals surface area contributed by atoms with Crippen LogP contribution in [-0.2, 0) is 9.47 Å². The van der Waals surface area contributed by atoms with Gasteiger partial charge in [0.15, 0.2) is 0 Å². The van der Waals surface area contributed by atoms with Crippen LogP contribution in [0.1, 0.15) is 0 Å². The van der Waals surface area contributed by atoms with E-state index in [1.165, 1.54) is 14.2 Å². The highest BCUT2D eigenvalue weighted by Crippen LogP contribution is 2.07. The Bertz CT molecular complexity index is 138. The molecular formula is C8H18O6. The number of hydrogen-bond donors (Lipinski definition) is 4. The second-order valence-electron chi connectivity index (χ2n) is 2.96. The van der Waals surface area contributed by atoms with Gasteiger partial charge in [-0.3, -0.25) is 0 Å². The maximum atomic E-state index is 9.42. The minimum atomic E-state index is -1.41.